The van der Waals surface area contributed by atoms with Gasteiger partial charge in [-0.15, -0.1) is 0 Å². The van der Waals surface area contributed by atoms with Crippen LogP contribution in [0.15, 0.2) is 30.8 Å². The number of hydrogen-bond donors (Lipinski definition) is 2. The van der Waals surface area contributed by atoms with Crippen molar-refractivity contribution in [2.75, 3.05) is 6.16 Å². The monoisotopic (exact) mass is 240 g/mol. The van der Waals surface area contributed by atoms with Gasteiger partial charge < -0.3 is 10.00 Å². The van der Waals surface area contributed by atoms with Crippen LogP contribution in [0.25, 0.3) is 6.08 Å². The lowest BCUT2D eigenvalue weighted by molar-refractivity contribution is -0.136. The second kappa shape index (κ2) is 5.10. The van der Waals surface area contributed by atoms with Gasteiger partial charge in [0, 0.05) is 11.5 Å². The van der Waals surface area contributed by atoms with Gasteiger partial charge in [-0.2, -0.15) is 0 Å². The fourth-order valence-corrected chi connectivity index (χ4v) is 2.97. The van der Waals surface area contributed by atoms with Crippen molar-refractivity contribution in [2.24, 2.45) is 0 Å². The van der Waals surface area contributed by atoms with Crippen LogP contribution in [0.1, 0.15) is 12.0 Å². The minimum atomic E-state index is -3.61. The number of carboxylic acids is 1. The largest absolute Gasteiger partial charge is 0.481 e. The van der Waals surface area contributed by atoms with Crippen LogP contribution in [0.3, 0.4) is 0 Å². The molecule has 0 heterocycles. The predicted octanol–water partition coefficient (Wildman–Crippen LogP) is 1.70. The van der Waals surface area contributed by atoms with Crippen LogP contribution in [0, 0.1) is 0 Å². The number of benzene rings is 1. The maximum absolute atomic E-state index is 11.9. The van der Waals surface area contributed by atoms with Crippen molar-refractivity contribution in [1.82, 2.24) is 0 Å². The average Bonchev–Trinajstić information content (AvgIpc) is 2.26. The van der Waals surface area contributed by atoms with E-state index in [2.05, 4.69) is 6.58 Å². The van der Waals surface area contributed by atoms with E-state index in [1.54, 1.807) is 18.2 Å². The van der Waals surface area contributed by atoms with Crippen molar-refractivity contribution >= 4 is 24.7 Å². The highest BCUT2D eigenvalue weighted by molar-refractivity contribution is 7.66. The highest BCUT2D eigenvalue weighted by atomic mass is 31.2. The summed E-state index contributed by atoms with van der Waals surface area (Å²) in [6.45, 7) is 3.55. The maximum atomic E-state index is 11.9. The first-order valence-electron chi connectivity index (χ1n) is 4.73. The standard InChI is InChI=1S/C11H13O4P/c1-2-9-5-3-4-6-10(9)16(14,15)8-7-11(12)13/h2-6H,1,7-8H2,(H,12,13)(H,14,15). The Balaban J connectivity index is 3.01. The molecule has 0 aliphatic heterocycles. The zero-order chi connectivity index (χ0) is 12.2. The van der Waals surface area contributed by atoms with E-state index in [4.69, 9.17) is 5.11 Å². The summed E-state index contributed by atoms with van der Waals surface area (Å²) in [5.41, 5.74) is 0.568. The number of carbonyl (C=O) groups is 1. The molecule has 86 valence electrons. The van der Waals surface area contributed by atoms with Crippen LogP contribution in [-0.4, -0.2) is 22.1 Å². The molecule has 0 saturated carbocycles. The van der Waals surface area contributed by atoms with Crippen LogP contribution in [-0.2, 0) is 9.36 Å². The molecule has 4 nitrogen and oxygen atoms in total. The first kappa shape index (κ1) is 12.7. The van der Waals surface area contributed by atoms with Crippen LogP contribution in [0.4, 0.5) is 0 Å². The number of carboxylic acid groups (broad SMARTS) is 1. The van der Waals surface area contributed by atoms with Crippen molar-refractivity contribution in [2.45, 2.75) is 6.42 Å². The molecule has 0 radical (unpaired) electrons. The molecule has 5 heteroatoms. The van der Waals surface area contributed by atoms with E-state index in [-0.39, 0.29) is 17.9 Å². The highest BCUT2D eigenvalue weighted by Gasteiger charge is 2.24. The van der Waals surface area contributed by atoms with Gasteiger partial charge in [-0.25, -0.2) is 0 Å². The van der Waals surface area contributed by atoms with Crippen LogP contribution >= 0.6 is 7.37 Å². The molecule has 0 aliphatic rings. The van der Waals surface area contributed by atoms with Crippen LogP contribution < -0.4 is 5.30 Å². The topological polar surface area (TPSA) is 74.6 Å². The van der Waals surface area contributed by atoms with E-state index < -0.39 is 13.3 Å². The SMILES string of the molecule is C=Cc1ccccc1P(=O)(O)CCC(=O)O. The Bertz CT molecular complexity index is 453. The Labute approximate surface area is 93.7 Å². The molecule has 1 atom stereocenters. The van der Waals surface area contributed by atoms with Crippen molar-refractivity contribution in [3.05, 3.63) is 36.4 Å². The molecule has 0 saturated heterocycles. The molecule has 0 aromatic heterocycles. The van der Waals surface area contributed by atoms with Crippen molar-refractivity contribution < 1.29 is 19.4 Å². The molecule has 1 unspecified atom stereocenters. The Kier molecular flexibility index (Phi) is 4.05. The fourth-order valence-electron chi connectivity index (χ4n) is 1.35. The van der Waals surface area contributed by atoms with Gasteiger partial charge in [-0.1, -0.05) is 30.9 Å². The molecule has 0 amide bonds. The summed E-state index contributed by atoms with van der Waals surface area (Å²) in [5.74, 6) is -1.08. The maximum Gasteiger partial charge on any atom is 0.303 e. The van der Waals surface area contributed by atoms with Gasteiger partial charge in [0.2, 0.25) is 7.37 Å². The minimum Gasteiger partial charge on any atom is -0.481 e. The van der Waals surface area contributed by atoms with E-state index >= 15 is 0 Å². The first-order valence-corrected chi connectivity index (χ1v) is 6.57. The van der Waals surface area contributed by atoms with Crippen LogP contribution in [0.2, 0.25) is 0 Å². The normalized spacial score (nSPS) is 14.1. The summed E-state index contributed by atoms with van der Waals surface area (Å²) in [6.07, 6.45) is 0.908. The molecule has 1 rings (SSSR count). The Hall–Kier alpha value is -1.38. The third-order valence-electron chi connectivity index (χ3n) is 2.16. The van der Waals surface area contributed by atoms with E-state index in [1.165, 1.54) is 12.1 Å². The Morgan fingerprint density at radius 2 is 2.06 bits per heavy atom. The average molecular weight is 240 g/mol. The van der Waals surface area contributed by atoms with Crippen molar-refractivity contribution in [1.29, 1.82) is 0 Å². The summed E-state index contributed by atoms with van der Waals surface area (Å²) in [4.78, 5) is 20.2. The predicted molar refractivity (Wildman–Crippen MR) is 63.1 cm³/mol. The van der Waals surface area contributed by atoms with Gasteiger partial charge in [0.05, 0.1) is 6.42 Å². The quantitative estimate of drug-likeness (QED) is 0.768. The van der Waals surface area contributed by atoms with E-state index in [1.807, 2.05) is 0 Å². The molecule has 0 bridgehead atoms. The first-order chi connectivity index (χ1) is 7.47. The van der Waals surface area contributed by atoms with Gasteiger partial charge in [0.25, 0.3) is 0 Å². The number of hydrogen-bond acceptors (Lipinski definition) is 2. The minimum absolute atomic E-state index is 0.257. The van der Waals surface area contributed by atoms with Crippen molar-refractivity contribution in [3.63, 3.8) is 0 Å². The molecule has 0 aliphatic carbocycles. The Morgan fingerprint density at radius 1 is 1.44 bits per heavy atom. The zero-order valence-electron chi connectivity index (χ0n) is 8.67. The molecule has 1 aromatic rings. The summed E-state index contributed by atoms with van der Waals surface area (Å²) in [5, 5.41) is 8.77. The third-order valence-corrected chi connectivity index (χ3v) is 4.15. The Morgan fingerprint density at radius 3 is 2.62 bits per heavy atom. The fraction of sp³-hybridized carbons (Fsp3) is 0.182. The van der Waals surface area contributed by atoms with Gasteiger partial charge in [0.15, 0.2) is 0 Å². The smallest absolute Gasteiger partial charge is 0.303 e. The second-order valence-electron chi connectivity index (χ2n) is 3.33. The molecule has 16 heavy (non-hydrogen) atoms. The van der Waals surface area contributed by atoms with E-state index in [9.17, 15) is 14.3 Å². The highest BCUT2D eigenvalue weighted by Crippen LogP contribution is 2.41. The molecular weight excluding hydrogens is 227 g/mol. The molecule has 0 spiro atoms. The lowest BCUT2D eigenvalue weighted by Crippen LogP contribution is -2.12. The molecule has 2 N–H and O–H groups in total. The molecule has 1 aromatic carbocycles. The lowest BCUT2D eigenvalue weighted by atomic mass is 10.2. The summed E-state index contributed by atoms with van der Waals surface area (Å²) in [7, 11) is -3.61. The van der Waals surface area contributed by atoms with Gasteiger partial charge in [0.1, 0.15) is 0 Å². The summed E-state index contributed by atoms with van der Waals surface area (Å²) >= 11 is 0. The number of rotatable bonds is 5. The van der Waals surface area contributed by atoms with Gasteiger partial charge >= 0.3 is 5.97 Å². The second-order valence-corrected chi connectivity index (χ2v) is 5.66. The third kappa shape index (κ3) is 3.05. The van der Waals surface area contributed by atoms with Crippen molar-refractivity contribution in [3.8, 4) is 0 Å². The van der Waals surface area contributed by atoms with E-state index in [0.717, 1.165) is 0 Å². The van der Waals surface area contributed by atoms with E-state index in [0.29, 0.717) is 5.56 Å². The molecular formula is C11H13O4P. The van der Waals surface area contributed by atoms with Gasteiger partial charge in [-0.05, 0) is 11.6 Å². The van der Waals surface area contributed by atoms with Crippen LogP contribution in [0.5, 0.6) is 0 Å². The number of aliphatic carboxylic acids is 1. The summed E-state index contributed by atoms with van der Waals surface area (Å²) < 4.78 is 11.9. The zero-order valence-corrected chi connectivity index (χ0v) is 9.56. The van der Waals surface area contributed by atoms with Gasteiger partial charge in [-0.3, -0.25) is 9.36 Å². The summed E-state index contributed by atoms with van der Waals surface area (Å²) in [6, 6.07) is 6.58. The molecule has 0 fully saturated rings. The lowest BCUT2D eigenvalue weighted by Gasteiger charge is -2.13.